The highest BCUT2D eigenvalue weighted by Gasteiger charge is 2.48. The molecule has 2 aliphatic rings. The molecule has 1 aromatic heterocycles. The summed E-state index contributed by atoms with van der Waals surface area (Å²) in [5.74, 6) is 1.74. The number of halogens is 1. The number of aryl methyl sites for hydroxylation is 2. The van der Waals surface area contributed by atoms with Gasteiger partial charge in [0.15, 0.2) is 0 Å². The number of fused-ring (bicyclic) bond motifs is 3. The molecule has 1 amide bonds. The third kappa shape index (κ3) is 5.13. The van der Waals surface area contributed by atoms with Gasteiger partial charge in [0.05, 0.1) is 18.4 Å². The van der Waals surface area contributed by atoms with Gasteiger partial charge in [0.25, 0.3) is 0 Å². The minimum Gasteiger partial charge on any atom is -0.490 e. The van der Waals surface area contributed by atoms with Crippen molar-refractivity contribution in [2.75, 3.05) is 24.7 Å². The number of anilines is 1. The molecule has 0 radical (unpaired) electrons. The molecule has 0 N–H and O–H groups in total. The number of aromatic nitrogens is 2. The number of rotatable bonds is 7. The maximum absolute atomic E-state index is 13.2. The molecule has 7 heteroatoms. The number of benzene rings is 3. The Morgan fingerprint density at radius 1 is 1.08 bits per heavy atom. The zero-order valence-electron chi connectivity index (χ0n) is 22.5. The molecule has 6 nitrogen and oxygen atoms in total. The van der Waals surface area contributed by atoms with Gasteiger partial charge in [0, 0.05) is 23.3 Å². The molecule has 6 rings (SSSR count). The van der Waals surface area contributed by atoms with Crippen molar-refractivity contribution in [3.63, 3.8) is 0 Å². The largest absolute Gasteiger partial charge is 0.490 e. The van der Waals surface area contributed by atoms with Crippen molar-refractivity contribution in [1.29, 1.82) is 0 Å². The van der Waals surface area contributed by atoms with Crippen LogP contribution in [0.25, 0.3) is 11.1 Å². The molecule has 2 heterocycles. The fraction of sp³-hybridized carbons (Fsp3) is 0.312. The molecule has 2 atom stereocenters. The number of hydrogen-bond donors (Lipinski definition) is 0. The van der Waals surface area contributed by atoms with E-state index >= 15 is 0 Å². The third-order valence-corrected chi connectivity index (χ3v) is 8.27. The van der Waals surface area contributed by atoms with Crippen LogP contribution in [0.4, 0.5) is 10.5 Å². The SMILES string of the molecule is Cc1ccc(Cl)c(Cn2cc(-c3cccc4c3[C@H]3C[C@H]3CN4C(=O)OCCOc3cccc(C)c3C)cn2)c1. The average Bonchev–Trinajstić information content (AvgIpc) is 3.58. The molecule has 0 saturated heterocycles. The first-order chi connectivity index (χ1) is 18.9. The van der Waals surface area contributed by atoms with E-state index in [1.807, 2.05) is 54.2 Å². The maximum atomic E-state index is 13.2. The summed E-state index contributed by atoms with van der Waals surface area (Å²) in [4.78, 5) is 15.0. The lowest BCUT2D eigenvalue weighted by molar-refractivity contribution is 0.130. The van der Waals surface area contributed by atoms with E-state index in [9.17, 15) is 4.79 Å². The summed E-state index contributed by atoms with van der Waals surface area (Å²) in [6.07, 6.45) is 4.72. The van der Waals surface area contributed by atoms with E-state index in [1.54, 1.807) is 4.90 Å². The lowest BCUT2D eigenvalue weighted by atomic mass is 9.93. The molecule has 39 heavy (non-hydrogen) atoms. The molecule has 3 aromatic carbocycles. The summed E-state index contributed by atoms with van der Waals surface area (Å²) in [6, 6.07) is 18.2. The van der Waals surface area contributed by atoms with Crippen LogP contribution in [0.3, 0.4) is 0 Å². The number of amides is 1. The number of ether oxygens (including phenoxy) is 2. The minimum absolute atomic E-state index is 0.195. The van der Waals surface area contributed by atoms with Crippen molar-refractivity contribution < 1.29 is 14.3 Å². The standard InChI is InChI=1S/C32H32ClN3O3/c1-20-10-11-28(33)24(14-20)17-35-18-25(16-34-35)26-7-5-8-29-31(26)27-15-23(27)19-36(29)32(37)39-13-12-38-30-9-4-6-21(2)22(30)3/h4-11,14,16,18,23,27H,12-13,15,17,19H2,1-3H3/t23-,27-/m0/s1. The van der Waals surface area contributed by atoms with Gasteiger partial charge < -0.3 is 9.47 Å². The average molecular weight is 542 g/mol. The van der Waals surface area contributed by atoms with Gasteiger partial charge in [0.1, 0.15) is 19.0 Å². The summed E-state index contributed by atoms with van der Waals surface area (Å²) in [5, 5.41) is 5.37. The van der Waals surface area contributed by atoms with Gasteiger partial charge in [0.2, 0.25) is 0 Å². The van der Waals surface area contributed by atoms with Gasteiger partial charge in [-0.15, -0.1) is 0 Å². The second-order valence-electron chi connectivity index (χ2n) is 10.6. The highest BCUT2D eigenvalue weighted by Crippen LogP contribution is 2.57. The van der Waals surface area contributed by atoms with E-state index in [-0.39, 0.29) is 12.7 Å². The smallest absolute Gasteiger partial charge is 0.414 e. The van der Waals surface area contributed by atoms with Crippen molar-refractivity contribution in [3.8, 4) is 16.9 Å². The summed E-state index contributed by atoms with van der Waals surface area (Å²) in [5.41, 5.74) is 8.80. The number of hydrogen-bond acceptors (Lipinski definition) is 4. The van der Waals surface area contributed by atoms with Crippen molar-refractivity contribution in [1.82, 2.24) is 9.78 Å². The van der Waals surface area contributed by atoms with E-state index in [1.165, 1.54) is 16.7 Å². The Labute approximate surface area is 234 Å². The summed E-state index contributed by atoms with van der Waals surface area (Å²) < 4.78 is 13.5. The van der Waals surface area contributed by atoms with Crippen LogP contribution in [-0.2, 0) is 11.3 Å². The summed E-state index contributed by atoms with van der Waals surface area (Å²) in [7, 11) is 0. The first-order valence-electron chi connectivity index (χ1n) is 13.4. The molecule has 1 aliphatic heterocycles. The maximum Gasteiger partial charge on any atom is 0.414 e. The Morgan fingerprint density at radius 2 is 1.92 bits per heavy atom. The van der Waals surface area contributed by atoms with Gasteiger partial charge >= 0.3 is 6.09 Å². The Morgan fingerprint density at radius 3 is 2.79 bits per heavy atom. The molecule has 200 valence electrons. The summed E-state index contributed by atoms with van der Waals surface area (Å²) in [6.45, 7) is 7.94. The van der Waals surface area contributed by atoms with Gasteiger partial charge in [-0.2, -0.15) is 5.10 Å². The molecule has 0 unspecified atom stereocenters. The molecule has 1 aliphatic carbocycles. The number of carbonyl (C=O) groups excluding carboxylic acids is 1. The summed E-state index contributed by atoms with van der Waals surface area (Å²) >= 11 is 6.43. The topological polar surface area (TPSA) is 56.6 Å². The first-order valence-corrected chi connectivity index (χ1v) is 13.8. The van der Waals surface area contributed by atoms with Crippen molar-refractivity contribution >= 4 is 23.4 Å². The number of carbonyl (C=O) groups is 1. The van der Waals surface area contributed by atoms with E-state index in [4.69, 9.17) is 21.1 Å². The fourth-order valence-electron chi connectivity index (χ4n) is 5.57. The molecule has 1 fully saturated rings. The Kier molecular flexibility index (Phi) is 6.81. The van der Waals surface area contributed by atoms with E-state index in [0.717, 1.165) is 45.1 Å². The second kappa shape index (κ2) is 10.4. The lowest BCUT2D eigenvalue weighted by Gasteiger charge is -2.29. The molecule has 1 saturated carbocycles. The lowest BCUT2D eigenvalue weighted by Crippen LogP contribution is -2.37. The fourth-order valence-corrected chi connectivity index (χ4v) is 5.74. The molecule has 0 bridgehead atoms. The Bertz CT molecular complexity index is 1550. The number of nitrogens with zero attached hydrogens (tertiary/aromatic N) is 3. The highest BCUT2D eigenvalue weighted by molar-refractivity contribution is 6.31. The zero-order chi connectivity index (χ0) is 27.1. The second-order valence-corrected chi connectivity index (χ2v) is 11.0. The van der Waals surface area contributed by atoms with Crippen LogP contribution >= 0.6 is 11.6 Å². The van der Waals surface area contributed by atoms with Crippen LogP contribution in [0.1, 0.15) is 40.2 Å². The normalized spacial score (nSPS) is 17.4. The van der Waals surface area contributed by atoms with Crippen molar-refractivity contribution in [2.24, 2.45) is 5.92 Å². The van der Waals surface area contributed by atoms with Gasteiger partial charge in [-0.1, -0.05) is 53.6 Å². The van der Waals surface area contributed by atoms with Crippen LogP contribution in [0.2, 0.25) is 5.02 Å². The monoisotopic (exact) mass is 541 g/mol. The predicted octanol–water partition coefficient (Wildman–Crippen LogP) is 7.32. The zero-order valence-corrected chi connectivity index (χ0v) is 23.2. The predicted molar refractivity (Wildman–Crippen MR) is 154 cm³/mol. The van der Waals surface area contributed by atoms with Gasteiger partial charge in [-0.25, -0.2) is 4.79 Å². The van der Waals surface area contributed by atoms with Crippen LogP contribution in [0.5, 0.6) is 5.75 Å². The molecule has 0 spiro atoms. The van der Waals surface area contributed by atoms with Crippen molar-refractivity contribution in [2.45, 2.75) is 39.7 Å². The van der Waals surface area contributed by atoms with E-state index < -0.39 is 0 Å². The van der Waals surface area contributed by atoms with Crippen LogP contribution in [-0.4, -0.2) is 35.6 Å². The van der Waals surface area contributed by atoms with Crippen molar-refractivity contribution in [3.05, 3.63) is 99.8 Å². The molecule has 4 aromatic rings. The highest BCUT2D eigenvalue weighted by atomic mass is 35.5. The first kappa shape index (κ1) is 25.5. The minimum atomic E-state index is -0.326. The Hall–Kier alpha value is -3.77. The van der Waals surface area contributed by atoms with Gasteiger partial charge in [-0.05, 0) is 85.0 Å². The Balaban J connectivity index is 1.17. The molecular weight excluding hydrogens is 510 g/mol. The molecular formula is C32H32ClN3O3. The van der Waals surface area contributed by atoms with Crippen LogP contribution in [0.15, 0.2) is 67.0 Å². The van der Waals surface area contributed by atoms with E-state index in [2.05, 4.69) is 43.3 Å². The van der Waals surface area contributed by atoms with Crippen LogP contribution in [0, 0.1) is 26.7 Å². The third-order valence-electron chi connectivity index (χ3n) is 7.90. The quantitative estimate of drug-likeness (QED) is 0.230. The van der Waals surface area contributed by atoms with Gasteiger partial charge in [-0.3, -0.25) is 9.58 Å². The van der Waals surface area contributed by atoms with Crippen LogP contribution < -0.4 is 9.64 Å². The van der Waals surface area contributed by atoms with E-state index in [0.29, 0.717) is 31.5 Å².